The van der Waals surface area contributed by atoms with E-state index >= 15 is 0 Å². The van der Waals surface area contributed by atoms with Crippen molar-refractivity contribution in [2.45, 2.75) is 0 Å². The van der Waals surface area contributed by atoms with Gasteiger partial charge in [0.2, 0.25) is 0 Å². The Morgan fingerprint density at radius 3 is 1.60 bits per heavy atom. The highest BCUT2D eigenvalue weighted by atomic mass is 15.2. The second-order valence-corrected chi connectivity index (χ2v) is 4.74. The van der Waals surface area contributed by atoms with Gasteiger partial charge in [-0.15, -0.1) is 0 Å². The van der Waals surface area contributed by atoms with Gasteiger partial charge in [-0.3, -0.25) is 10.2 Å². The van der Waals surface area contributed by atoms with Crippen LogP contribution in [-0.2, 0) is 0 Å². The van der Waals surface area contributed by atoms with Crippen LogP contribution >= 0.6 is 0 Å². The summed E-state index contributed by atoms with van der Waals surface area (Å²) in [6.07, 6.45) is 0. The SMILES string of the molecule is Nc1n[nH]c2ccc(-c3ccc4[nH]nc(N)c4c3)cc12. The number of nitrogens with one attached hydrogen (secondary N) is 2. The molecule has 4 aromatic rings. The average Bonchev–Trinajstić information content (AvgIpc) is 3.03. The molecule has 6 nitrogen and oxygen atoms in total. The summed E-state index contributed by atoms with van der Waals surface area (Å²) < 4.78 is 0. The molecule has 4 rings (SSSR count). The monoisotopic (exact) mass is 264 g/mol. The summed E-state index contributed by atoms with van der Waals surface area (Å²) in [5.41, 5.74) is 15.7. The number of hydrogen-bond donors (Lipinski definition) is 4. The molecule has 0 unspecified atom stereocenters. The normalized spacial score (nSPS) is 11.4. The molecule has 6 N–H and O–H groups in total. The lowest BCUT2D eigenvalue weighted by molar-refractivity contribution is 1.13. The molecule has 0 atom stereocenters. The van der Waals surface area contributed by atoms with E-state index in [-0.39, 0.29) is 0 Å². The van der Waals surface area contributed by atoms with Gasteiger partial charge in [0.15, 0.2) is 11.6 Å². The van der Waals surface area contributed by atoms with Crippen molar-refractivity contribution in [3.05, 3.63) is 36.4 Å². The first-order valence-electron chi connectivity index (χ1n) is 6.20. The van der Waals surface area contributed by atoms with Gasteiger partial charge in [-0.05, 0) is 35.4 Å². The molecule has 0 saturated carbocycles. The lowest BCUT2D eigenvalue weighted by Gasteiger charge is -2.02. The van der Waals surface area contributed by atoms with Crippen LogP contribution in [-0.4, -0.2) is 20.4 Å². The van der Waals surface area contributed by atoms with Gasteiger partial charge in [0.05, 0.1) is 11.0 Å². The number of benzene rings is 2. The third-order valence-corrected chi connectivity index (χ3v) is 3.52. The molecule has 0 bridgehead atoms. The number of nitrogen functional groups attached to an aromatic ring is 2. The predicted octanol–water partition coefficient (Wildman–Crippen LogP) is 2.27. The van der Waals surface area contributed by atoms with Gasteiger partial charge in [-0.1, -0.05) is 12.1 Å². The van der Waals surface area contributed by atoms with Crippen LogP contribution in [0, 0.1) is 0 Å². The van der Waals surface area contributed by atoms with Crippen molar-refractivity contribution >= 4 is 33.4 Å². The predicted molar refractivity (Wildman–Crippen MR) is 80.0 cm³/mol. The van der Waals surface area contributed by atoms with Crippen LogP contribution in [0.5, 0.6) is 0 Å². The van der Waals surface area contributed by atoms with E-state index in [4.69, 9.17) is 11.5 Å². The lowest BCUT2D eigenvalue weighted by Crippen LogP contribution is -1.85. The number of aromatic nitrogens is 4. The Labute approximate surface area is 113 Å². The van der Waals surface area contributed by atoms with Crippen LogP contribution in [0.25, 0.3) is 32.9 Å². The molecule has 0 radical (unpaired) electrons. The number of aromatic amines is 2. The van der Waals surface area contributed by atoms with Crippen molar-refractivity contribution in [3.63, 3.8) is 0 Å². The molecule has 0 spiro atoms. The van der Waals surface area contributed by atoms with Gasteiger partial charge in [0.25, 0.3) is 0 Å². The van der Waals surface area contributed by atoms with Crippen LogP contribution < -0.4 is 11.5 Å². The van der Waals surface area contributed by atoms with Crippen molar-refractivity contribution in [1.29, 1.82) is 0 Å². The Bertz CT molecular complexity index is 855. The Morgan fingerprint density at radius 2 is 1.15 bits per heavy atom. The van der Waals surface area contributed by atoms with E-state index in [2.05, 4.69) is 20.4 Å². The molecular weight excluding hydrogens is 252 g/mol. The summed E-state index contributed by atoms with van der Waals surface area (Å²) in [4.78, 5) is 0. The topological polar surface area (TPSA) is 109 Å². The Balaban J connectivity index is 1.95. The molecule has 0 fully saturated rings. The van der Waals surface area contributed by atoms with E-state index in [1.54, 1.807) is 0 Å². The lowest BCUT2D eigenvalue weighted by atomic mass is 10.0. The fraction of sp³-hybridized carbons (Fsp3) is 0. The van der Waals surface area contributed by atoms with E-state index in [0.717, 1.165) is 32.9 Å². The maximum absolute atomic E-state index is 5.84. The summed E-state index contributed by atoms with van der Waals surface area (Å²) in [6.45, 7) is 0. The number of nitrogens with two attached hydrogens (primary N) is 2. The highest BCUT2D eigenvalue weighted by molar-refractivity contribution is 5.95. The van der Waals surface area contributed by atoms with E-state index in [0.29, 0.717) is 11.6 Å². The first kappa shape index (κ1) is 10.9. The molecular formula is C14H12N6. The van der Waals surface area contributed by atoms with Crippen molar-refractivity contribution in [1.82, 2.24) is 20.4 Å². The molecule has 0 aliphatic heterocycles. The van der Waals surface area contributed by atoms with E-state index < -0.39 is 0 Å². The molecule has 0 aliphatic rings. The highest BCUT2D eigenvalue weighted by Gasteiger charge is 2.07. The number of H-pyrrole nitrogens is 2. The largest absolute Gasteiger partial charge is 0.382 e. The molecule has 0 amide bonds. The van der Waals surface area contributed by atoms with Crippen molar-refractivity contribution in [2.24, 2.45) is 0 Å². The standard InChI is InChI=1S/C14H12N6/c15-13-9-5-7(1-3-11(9)17-19-13)8-2-4-12-10(6-8)14(16)20-18-12/h1-6H,(H3,15,17,19)(H3,16,18,20). The van der Waals surface area contributed by atoms with Gasteiger partial charge in [-0.25, -0.2) is 0 Å². The molecule has 2 aromatic carbocycles. The van der Waals surface area contributed by atoms with Crippen LogP contribution in [0.4, 0.5) is 11.6 Å². The summed E-state index contributed by atoms with van der Waals surface area (Å²) in [5, 5.41) is 15.6. The molecule has 2 aromatic heterocycles. The maximum atomic E-state index is 5.84. The maximum Gasteiger partial charge on any atom is 0.153 e. The molecule has 6 heteroatoms. The van der Waals surface area contributed by atoms with Gasteiger partial charge in [0.1, 0.15) is 0 Å². The Hall–Kier alpha value is -3.02. The zero-order valence-corrected chi connectivity index (χ0v) is 10.5. The summed E-state index contributed by atoms with van der Waals surface area (Å²) in [5.74, 6) is 1.01. The summed E-state index contributed by atoms with van der Waals surface area (Å²) >= 11 is 0. The Kier molecular flexibility index (Phi) is 2.03. The highest BCUT2D eigenvalue weighted by Crippen LogP contribution is 2.29. The quantitative estimate of drug-likeness (QED) is 0.422. The number of rotatable bonds is 1. The minimum absolute atomic E-state index is 0.505. The third-order valence-electron chi connectivity index (χ3n) is 3.52. The summed E-state index contributed by atoms with van der Waals surface area (Å²) in [6, 6.07) is 12.0. The van der Waals surface area contributed by atoms with Crippen LogP contribution in [0.2, 0.25) is 0 Å². The smallest absolute Gasteiger partial charge is 0.153 e. The van der Waals surface area contributed by atoms with Gasteiger partial charge < -0.3 is 11.5 Å². The molecule has 0 saturated heterocycles. The fourth-order valence-corrected chi connectivity index (χ4v) is 2.43. The van der Waals surface area contributed by atoms with Gasteiger partial charge >= 0.3 is 0 Å². The fourth-order valence-electron chi connectivity index (χ4n) is 2.43. The van der Waals surface area contributed by atoms with E-state index in [9.17, 15) is 0 Å². The number of hydrogen-bond acceptors (Lipinski definition) is 4. The third kappa shape index (κ3) is 1.45. The second kappa shape index (κ2) is 3.74. The first-order chi connectivity index (χ1) is 9.72. The van der Waals surface area contributed by atoms with Crippen molar-refractivity contribution in [2.75, 3.05) is 11.5 Å². The second-order valence-electron chi connectivity index (χ2n) is 4.74. The first-order valence-corrected chi connectivity index (χ1v) is 6.20. The average molecular weight is 264 g/mol. The van der Waals surface area contributed by atoms with Crippen LogP contribution in [0.1, 0.15) is 0 Å². The number of nitrogens with zero attached hydrogens (tertiary/aromatic N) is 2. The molecule has 0 aliphatic carbocycles. The minimum atomic E-state index is 0.505. The molecule has 20 heavy (non-hydrogen) atoms. The van der Waals surface area contributed by atoms with E-state index in [1.165, 1.54) is 0 Å². The van der Waals surface area contributed by atoms with Gasteiger partial charge in [0, 0.05) is 10.8 Å². The number of fused-ring (bicyclic) bond motifs is 2. The van der Waals surface area contributed by atoms with Crippen molar-refractivity contribution in [3.8, 4) is 11.1 Å². The van der Waals surface area contributed by atoms with Crippen LogP contribution in [0.15, 0.2) is 36.4 Å². The number of anilines is 2. The zero-order chi connectivity index (χ0) is 13.7. The van der Waals surface area contributed by atoms with Gasteiger partial charge in [-0.2, -0.15) is 10.2 Å². The minimum Gasteiger partial charge on any atom is -0.382 e. The summed E-state index contributed by atoms with van der Waals surface area (Å²) in [7, 11) is 0. The Morgan fingerprint density at radius 1 is 0.700 bits per heavy atom. The van der Waals surface area contributed by atoms with Crippen LogP contribution in [0.3, 0.4) is 0 Å². The van der Waals surface area contributed by atoms with Crippen molar-refractivity contribution < 1.29 is 0 Å². The molecule has 2 heterocycles. The molecule has 98 valence electrons. The van der Waals surface area contributed by atoms with E-state index in [1.807, 2.05) is 36.4 Å². The zero-order valence-electron chi connectivity index (χ0n) is 10.5.